The Kier molecular flexibility index (Phi) is 17.0. The van der Waals surface area contributed by atoms with Crippen molar-refractivity contribution >= 4 is 44.3 Å². The van der Waals surface area contributed by atoms with Crippen LogP contribution < -0.4 is 9.64 Å². The first kappa shape index (κ1) is 49.6. The lowest BCUT2D eigenvalue weighted by atomic mass is 9.76. The Morgan fingerprint density at radius 1 is 0.921 bits per heavy atom. The zero-order chi connectivity index (χ0) is 46.0. The van der Waals surface area contributed by atoms with E-state index in [2.05, 4.69) is 95.2 Å². The van der Waals surface area contributed by atoms with E-state index in [1.54, 1.807) is 13.2 Å². The summed E-state index contributed by atoms with van der Waals surface area (Å²) in [4.78, 5) is 13.4. The Labute approximate surface area is 375 Å². The number of nitrogens with zero attached hydrogens (tertiary/aromatic N) is 2. The van der Waals surface area contributed by atoms with Crippen molar-refractivity contribution in [2.45, 2.75) is 103 Å². The van der Waals surface area contributed by atoms with Gasteiger partial charge in [0, 0.05) is 79.1 Å². The van der Waals surface area contributed by atoms with Crippen LogP contribution in [0.25, 0.3) is 11.1 Å². The van der Waals surface area contributed by atoms with Crippen LogP contribution in [0.15, 0.2) is 83.5 Å². The molecule has 3 aliphatic rings. The van der Waals surface area contributed by atoms with Gasteiger partial charge in [0.05, 0.1) is 55.5 Å². The van der Waals surface area contributed by atoms with Crippen LogP contribution in [0.4, 0.5) is 11.4 Å². The number of fused-ring (bicyclic) bond motifs is 3. The van der Waals surface area contributed by atoms with Crippen LogP contribution in [0.2, 0.25) is 0 Å². The number of likely N-dealkylation sites (N-methyl/N-ethyl adjacent to an activating group) is 1. The monoisotopic (exact) mass is 888 g/mol. The fourth-order valence-corrected chi connectivity index (χ4v) is 9.11. The molecule has 3 heterocycles. The van der Waals surface area contributed by atoms with Crippen molar-refractivity contribution in [2.75, 3.05) is 71.3 Å². The van der Waals surface area contributed by atoms with Gasteiger partial charge in [-0.05, 0) is 89.3 Å². The van der Waals surface area contributed by atoms with E-state index < -0.39 is 21.5 Å². The predicted octanol–water partition coefficient (Wildman–Crippen LogP) is 9.22. The predicted molar refractivity (Wildman–Crippen MR) is 248 cm³/mol. The van der Waals surface area contributed by atoms with E-state index in [1.807, 2.05) is 24.3 Å². The third kappa shape index (κ3) is 12.5. The van der Waals surface area contributed by atoms with Crippen LogP contribution in [0.5, 0.6) is 5.75 Å². The molecule has 0 spiro atoms. The lowest BCUT2D eigenvalue weighted by molar-refractivity contribution is -0.438. The topological polar surface area (TPSA) is 147 Å². The molecular weight excluding hydrogens is 821 g/mol. The number of allylic oxidation sites excluding steroid dienone is 9. The Morgan fingerprint density at radius 2 is 1.60 bits per heavy atom. The summed E-state index contributed by atoms with van der Waals surface area (Å²) in [6, 6.07) is 9.01. The second-order valence-electron chi connectivity index (χ2n) is 18.1. The van der Waals surface area contributed by atoms with Gasteiger partial charge in [0.1, 0.15) is 28.2 Å². The van der Waals surface area contributed by atoms with Gasteiger partial charge >= 0.3 is 5.97 Å². The average Bonchev–Trinajstić information content (AvgIpc) is 3.43. The van der Waals surface area contributed by atoms with Gasteiger partial charge < -0.3 is 38.2 Å². The van der Waals surface area contributed by atoms with Crippen molar-refractivity contribution < 1.29 is 51.1 Å². The van der Waals surface area contributed by atoms with Crippen molar-refractivity contribution in [2.24, 2.45) is 5.41 Å². The van der Waals surface area contributed by atoms with Crippen molar-refractivity contribution in [3.8, 4) is 5.75 Å². The van der Waals surface area contributed by atoms with Gasteiger partial charge in [0.25, 0.3) is 0 Å². The largest absolute Gasteiger partial charge is 0.744 e. The van der Waals surface area contributed by atoms with E-state index in [4.69, 9.17) is 23.7 Å². The first-order valence-corrected chi connectivity index (χ1v) is 23.5. The summed E-state index contributed by atoms with van der Waals surface area (Å²) in [5.74, 6) is 0.880. The minimum atomic E-state index is -4.73. The van der Waals surface area contributed by atoms with Gasteiger partial charge in [-0.1, -0.05) is 51.2 Å². The van der Waals surface area contributed by atoms with Gasteiger partial charge in [0.15, 0.2) is 5.71 Å². The molecule has 0 saturated carbocycles. The maximum Gasteiger partial charge on any atom is 0.303 e. The highest BCUT2D eigenvalue weighted by molar-refractivity contribution is 7.85. The summed E-state index contributed by atoms with van der Waals surface area (Å²) in [5, 5.41) is 9.22. The third-order valence-electron chi connectivity index (χ3n) is 11.9. The van der Waals surface area contributed by atoms with E-state index in [9.17, 15) is 22.9 Å². The highest BCUT2D eigenvalue weighted by atomic mass is 32.2. The molecule has 0 radical (unpaired) electrons. The van der Waals surface area contributed by atoms with Crippen LogP contribution in [0, 0.1) is 5.41 Å². The molecule has 5 rings (SSSR count). The molecule has 12 nitrogen and oxygen atoms in total. The number of aliphatic carboxylic acids is 1. The Morgan fingerprint density at radius 3 is 2.24 bits per heavy atom. The number of carbonyl (C=O) groups is 1. The van der Waals surface area contributed by atoms with E-state index in [-0.39, 0.29) is 22.3 Å². The fraction of sp³-hybridized carbons (Fsp3) is 0.520. The smallest absolute Gasteiger partial charge is 0.303 e. The molecule has 0 fully saturated rings. The Balaban J connectivity index is 1.46. The molecule has 0 aromatic heterocycles. The van der Waals surface area contributed by atoms with Crippen molar-refractivity contribution in [1.82, 2.24) is 0 Å². The molecular formula is C50H68N2O10S. The molecule has 3 aliphatic heterocycles. The molecule has 344 valence electrons. The standard InChI is InChI=1S/C50H68N2O10S/c1-10-52-43-34-44-40(33-39(43)36(2)35-49(52,6)7)37(31-46(62-44)48(3,4)5)17-13-11-14-18-45-50(8,22-24-59-27-28-61-30-29-60-26-25-58-9)41-32-38(63(55,56)57)20-21-42(41)51(45)23-16-12-15-19-47(53)54/h11,13-14,17-18,20-21,31-35H,10,12,15-16,19,22-30H2,1-9H3,(H-,53,54,55,56,57). The maximum atomic E-state index is 12.3. The van der Waals surface area contributed by atoms with Gasteiger partial charge in [-0.3, -0.25) is 4.79 Å². The number of hydrogen-bond acceptors (Lipinski definition) is 10. The van der Waals surface area contributed by atoms with Gasteiger partial charge in [-0.25, -0.2) is 8.42 Å². The van der Waals surface area contributed by atoms with E-state index in [0.717, 1.165) is 51.8 Å². The molecule has 2 aromatic carbocycles. The first-order valence-electron chi connectivity index (χ1n) is 22.1. The molecule has 1 unspecified atom stereocenters. The van der Waals surface area contributed by atoms with Crippen LogP contribution >= 0.6 is 0 Å². The molecule has 1 atom stereocenters. The Hall–Kier alpha value is -4.37. The third-order valence-corrected chi connectivity index (χ3v) is 12.7. The summed E-state index contributed by atoms with van der Waals surface area (Å²) < 4.78 is 67.9. The zero-order valence-electron chi connectivity index (χ0n) is 38.8. The quantitative estimate of drug-likeness (QED) is 0.0493. The molecule has 0 bridgehead atoms. The number of carboxylic acid groups (broad SMARTS) is 1. The highest BCUT2D eigenvalue weighted by Crippen LogP contribution is 2.48. The van der Waals surface area contributed by atoms with E-state index >= 15 is 0 Å². The van der Waals surface area contributed by atoms with Crippen molar-refractivity contribution in [3.63, 3.8) is 0 Å². The van der Waals surface area contributed by atoms with Gasteiger partial charge in [-0.15, -0.1) is 0 Å². The lowest BCUT2D eigenvalue weighted by Crippen LogP contribution is -2.45. The number of carboxylic acids is 1. The summed E-state index contributed by atoms with van der Waals surface area (Å²) in [6.45, 7) is 21.8. The van der Waals surface area contributed by atoms with Crippen molar-refractivity contribution in [1.29, 1.82) is 0 Å². The number of ether oxygens (including phenoxy) is 5. The van der Waals surface area contributed by atoms with Gasteiger partial charge in [-0.2, -0.15) is 4.58 Å². The van der Waals surface area contributed by atoms with Crippen LogP contribution in [-0.2, 0) is 39.3 Å². The SMILES string of the molecule is CCN1c2cc3c(cc2C(C)=CC1(C)C)/C(=C/C=C/C=C/C1=[N+](CCCCCC(=O)O)c2ccc(S(=O)(=O)[O-])cc2C1(C)CCOCCOCCOCCOC)C=C(C(C)(C)C)O3. The number of rotatable bonds is 23. The number of anilines is 1. The molecule has 0 aliphatic carbocycles. The highest BCUT2D eigenvalue weighted by Gasteiger charge is 2.47. The van der Waals surface area contributed by atoms with Gasteiger partial charge in [0.2, 0.25) is 5.69 Å². The second-order valence-corrected chi connectivity index (χ2v) is 19.5. The molecule has 2 aromatic rings. The Bertz CT molecular complexity index is 2260. The summed E-state index contributed by atoms with van der Waals surface area (Å²) >= 11 is 0. The molecule has 13 heteroatoms. The number of hydrogen-bond donors (Lipinski definition) is 1. The normalized spacial score (nSPS) is 19.1. The van der Waals surface area contributed by atoms with Crippen LogP contribution in [-0.4, -0.2) is 106 Å². The number of benzene rings is 2. The molecule has 0 saturated heterocycles. The number of unbranched alkanes of at least 4 members (excludes halogenated alkanes) is 2. The van der Waals surface area contributed by atoms with E-state index in [0.29, 0.717) is 78.5 Å². The first-order chi connectivity index (χ1) is 29.8. The fourth-order valence-electron chi connectivity index (χ4n) is 8.61. The van der Waals surface area contributed by atoms with Crippen LogP contribution in [0.3, 0.4) is 0 Å². The average molecular weight is 889 g/mol. The summed E-state index contributed by atoms with van der Waals surface area (Å²) in [5.41, 5.74) is 7.00. The molecule has 0 amide bonds. The number of methoxy groups -OCH3 is 1. The molecule has 63 heavy (non-hydrogen) atoms. The second kappa shape index (κ2) is 21.5. The maximum absolute atomic E-state index is 12.3. The van der Waals surface area contributed by atoms with E-state index in [1.165, 1.54) is 23.3 Å². The zero-order valence-corrected chi connectivity index (χ0v) is 39.6. The van der Waals surface area contributed by atoms with Crippen LogP contribution in [0.1, 0.15) is 104 Å². The minimum absolute atomic E-state index is 0.0921. The summed E-state index contributed by atoms with van der Waals surface area (Å²) in [7, 11) is -3.10. The lowest BCUT2D eigenvalue weighted by Gasteiger charge is -2.43. The minimum Gasteiger partial charge on any atom is -0.744 e. The summed E-state index contributed by atoms with van der Waals surface area (Å²) in [6.07, 6.45) is 17.1. The molecule has 1 N–H and O–H groups in total. The van der Waals surface area contributed by atoms with Crippen molar-refractivity contribution in [3.05, 3.63) is 95.3 Å².